The molecule has 0 saturated heterocycles. The quantitative estimate of drug-likeness (QED) is 0.719. The molecule has 1 N–H and O–H groups in total. The van der Waals surface area contributed by atoms with E-state index in [0.29, 0.717) is 0 Å². The number of nitrogens with one attached hydrogen (secondary N) is 1. The van der Waals surface area contributed by atoms with Gasteiger partial charge in [0.1, 0.15) is 0 Å². The topological polar surface area (TPSA) is 49.0 Å². The van der Waals surface area contributed by atoms with Crippen LogP contribution in [0.1, 0.15) is 38.8 Å². The zero-order valence-electron chi connectivity index (χ0n) is 10.2. The van der Waals surface area contributed by atoms with E-state index in [1.54, 1.807) is 13.3 Å². The summed E-state index contributed by atoms with van der Waals surface area (Å²) in [6, 6.07) is 0. The van der Waals surface area contributed by atoms with Gasteiger partial charge < -0.3 is 9.88 Å². The normalized spacial score (nSPS) is 10.4. The largest absolute Gasteiger partial charge is 0.351 e. The van der Waals surface area contributed by atoms with Crippen molar-refractivity contribution in [3.63, 3.8) is 0 Å². The predicted octanol–water partition coefficient (Wildman–Crippen LogP) is 1.99. The van der Waals surface area contributed by atoms with Crippen molar-refractivity contribution in [2.45, 2.75) is 39.5 Å². The number of rotatable bonds is 7. The lowest BCUT2D eigenvalue weighted by molar-refractivity contribution is -0.128. The monoisotopic (exact) mass is 223 g/mol. The number of unbranched alkanes of at least 4 members (excludes halogenated alkanes) is 2. The van der Waals surface area contributed by atoms with Crippen molar-refractivity contribution in [2.75, 3.05) is 13.1 Å². The van der Waals surface area contributed by atoms with Gasteiger partial charge in [0.2, 0.25) is 5.91 Å². The summed E-state index contributed by atoms with van der Waals surface area (Å²) >= 11 is 0. The number of aromatic nitrogens is 2. The van der Waals surface area contributed by atoms with Gasteiger partial charge in [0.05, 0.1) is 12.0 Å². The van der Waals surface area contributed by atoms with Crippen LogP contribution in [0.4, 0.5) is 0 Å². The Bertz CT molecular complexity index is 295. The molecule has 0 aromatic carbocycles. The average Bonchev–Trinajstić information content (AvgIpc) is 2.75. The molecule has 0 radical (unpaired) electrons. The summed E-state index contributed by atoms with van der Waals surface area (Å²) in [4.78, 5) is 20.4. The molecule has 16 heavy (non-hydrogen) atoms. The lowest BCUT2D eigenvalue weighted by Gasteiger charge is -2.20. The molecule has 0 aliphatic rings. The van der Waals surface area contributed by atoms with Gasteiger partial charge in [-0.25, -0.2) is 4.98 Å². The van der Waals surface area contributed by atoms with Crippen LogP contribution in [0.5, 0.6) is 0 Å². The minimum atomic E-state index is 0.159. The molecule has 1 amide bonds. The zero-order chi connectivity index (χ0) is 11.8. The molecule has 0 aliphatic heterocycles. The Morgan fingerprint density at radius 3 is 2.81 bits per heavy atom. The second-order valence-corrected chi connectivity index (χ2v) is 4.02. The Labute approximate surface area is 97.1 Å². The fourth-order valence-corrected chi connectivity index (χ4v) is 1.66. The second-order valence-electron chi connectivity index (χ2n) is 4.02. The molecule has 1 heterocycles. The molecule has 4 nitrogen and oxygen atoms in total. The van der Waals surface area contributed by atoms with Crippen LogP contribution in [-0.2, 0) is 11.2 Å². The van der Waals surface area contributed by atoms with Gasteiger partial charge in [-0.1, -0.05) is 19.8 Å². The maximum atomic E-state index is 11.4. The summed E-state index contributed by atoms with van der Waals surface area (Å²) in [5.41, 5.74) is 1.02. The van der Waals surface area contributed by atoms with Crippen molar-refractivity contribution in [3.8, 4) is 0 Å². The highest BCUT2D eigenvalue weighted by atomic mass is 16.2. The lowest BCUT2D eigenvalue weighted by Crippen LogP contribution is -2.31. The average molecular weight is 223 g/mol. The maximum absolute atomic E-state index is 11.4. The van der Waals surface area contributed by atoms with E-state index in [4.69, 9.17) is 0 Å². The molecule has 4 heteroatoms. The Balaban J connectivity index is 2.30. The first-order valence-corrected chi connectivity index (χ1v) is 5.97. The van der Waals surface area contributed by atoms with Crippen LogP contribution >= 0.6 is 0 Å². The predicted molar refractivity (Wildman–Crippen MR) is 64.1 cm³/mol. The molecule has 90 valence electrons. The van der Waals surface area contributed by atoms with Crippen molar-refractivity contribution >= 4 is 5.91 Å². The van der Waals surface area contributed by atoms with Crippen molar-refractivity contribution in [2.24, 2.45) is 0 Å². The molecule has 0 saturated carbocycles. The van der Waals surface area contributed by atoms with Crippen molar-refractivity contribution < 1.29 is 4.79 Å². The molecule has 0 atom stereocenters. The number of nitrogens with zero attached hydrogens (tertiary/aromatic N) is 2. The van der Waals surface area contributed by atoms with E-state index in [1.807, 2.05) is 11.1 Å². The lowest BCUT2D eigenvalue weighted by atomic mass is 10.2. The molecule has 1 rings (SSSR count). The number of imidazole rings is 1. The number of hydrogen-bond donors (Lipinski definition) is 1. The first-order chi connectivity index (χ1) is 7.74. The van der Waals surface area contributed by atoms with E-state index in [9.17, 15) is 4.79 Å². The molecule has 0 unspecified atom stereocenters. The third kappa shape index (κ3) is 4.47. The van der Waals surface area contributed by atoms with Gasteiger partial charge in [0.25, 0.3) is 0 Å². The van der Waals surface area contributed by atoms with Crippen LogP contribution in [0, 0.1) is 0 Å². The van der Waals surface area contributed by atoms with Crippen molar-refractivity contribution in [1.82, 2.24) is 14.9 Å². The van der Waals surface area contributed by atoms with Crippen LogP contribution in [0.15, 0.2) is 12.5 Å². The van der Waals surface area contributed by atoms with Crippen LogP contribution in [-0.4, -0.2) is 33.9 Å². The number of hydrogen-bond acceptors (Lipinski definition) is 2. The van der Waals surface area contributed by atoms with Gasteiger partial charge in [-0.15, -0.1) is 0 Å². The number of carbonyl (C=O) groups is 1. The molecular weight excluding hydrogens is 202 g/mol. The summed E-state index contributed by atoms with van der Waals surface area (Å²) in [6.07, 6.45) is 7.85. The zero-order valence-corrected chi connectivity index (χ0v) is 10.2. The third-order valence-electron chi connectivity index (χ3n) is 2.67. The minimum Gasteiger partial charge on any atom is -0.351 e. The fraction of sp³-hybridized carbons (Fsp3) is 0.667. The second kappa shape index (κ2) is 7.04. The number of H-pyrrole nitrogens is 1. The summed E-state index contributed by atoms with van der Waals surface area (Å²) in [5.74, 6) is 0.159. The third-order valence-corrected chi connectivity index (χ3v) is 2.67. The van der Waals surface area contributed by atoms with Crippen LogP contribution < -0.4 is 0 Å². The highest BCUT2D eigenvalue weighted by Gasteiger charge is 2.08. The van der Waals surface area contributed by atoms with E-state index >= 15 is 0 Å². The van der Waals surface area contributed by atoms with Gasteiger partial charge >= 0.3 is 0 Å². The molecule has 1 aromatic heterocycles. The van der Waals surface area contributed by atoms with Crippen molar-refractivity contribution in [1.29, 1.82) is 0 Å². The first-order valence-electron chi connectivity index (χ1n) is 5.97. The molecule has 0 fully saturated rings. The van der Waals surface area contributed by atoms with Crippen molar-refractivity contribution in [3.05, 3.63) is 18.2 Å². The standard InChI is InChI=1S/C12H21N3O/c1-3-4-5-7-15(11(2)16)8-6-12-9-13-10-14-12/h9-10H,3-8H2,1-2H3,(H,13,14). The van der Waals surface area contributed by atoms with E-state index in [2.05, 4.69) is 16.9 Å². The first kappa shape index (κ1) is 12.7. The van der Waals surface area contributed by atoms with Gasteiger partial charge in [-0.2, -0.15) is 0 Å². The van der Waals surface area contributed by atoms with E-state index in [0.717, 1.165) is 31.6 Å². The highest BCUT2D eigenvalue weighted by molar-refractivity contribution is 5.73. The Morgan fingerprint density at radius 2 is 2.25 bits per heavy atom. The van der Waals surface area contributed by atoms with Crippen LogP contribution in [0.3, 0.4) is 0 Å². The molecule has 0 spiro atoms. The van der Waals surface area contributed by atoms with Gasteiger partial charge in [-0.3, -0.25) is 4.79 Å². The minimum absolute atomic E-state index is 0.159. The summed E-state index contributed by atoms with van der Waals surface area (Å²) in [7, 11) is 0. The summed E-state index contributed by atoms with van der Waals surface area (Å²) < 4.78 is 0. The molecule has 0 aliphatic carbocycles. The summed E-state index contributed by atoms with van der Waals surface area (Å²) in [5, 5.41) is 0. The van der Waals surface area contributed by atoms with E-state index in [1.165, 1.54) is 12.8 Å². The Morgan fingerprint density at radius 1 is 1.44 bits per heavy atom. The SMILES string of the molecule is CCCCCN(CCc1c[nH]cn1)C(C)=O. The maximum Gasteiger partial charge on any atom is 0.219 e. The molecule has 1 aromatic rings. The van der Waals surface area contributed by atoms with E-state index < -0.39 is 0 Å². The van der Waals surface area contributed by atoms with Gasteiger partial charge in [-0.05, 0) is 6.42 Å². The van der Waals surface area contributed by atoms with Crippen LogP contribution in [0.25, 0.3) is 0 Å². The molecule has 0 bridgehead atoms. The summed E-state index contributed by atoms with van der Waals surface area (Å²) in [6.45, 7) is 5.44. The van der Waals surface area contributed by atoms with E-state index in [-0.39, 0.29) is 5.91 Å². The fourth-order valence-electron chi connectivity index (χ4n) is 1.66. The van der Waals surface area contributed by atoms with Gasteiger partial charge in [0.15, 0.2) is 0 Å². The Hall–Kier alpha value is -1.32. The van der Waals surface area contributed by atoms with Gasteiger partial charge in [0, 0.05) is 32.6 Å². The number of carbonyl (C=O) groups excluding carboxylic acids is 1. The molecular formula is C12H21N3O. The smallest absolute Gasteiger partial charge is 0.219 e. The highest BCUT2D eigenvalue weighted by Crippen LogP contribution is 2.01. The van der Waals surface area contributed by atoms with Crippen LogP contribution in [0.2, 0.25) is 0 Å². The number of aromatic amines is 1. The Kier molecular flexibility index (Phi) is 5.61. The number of amides is 1.